The molecule has 0 spiro atoms. The summed E-state index contributed by atoms with van der Waals surface area (Å²) in [5, 5.41) is 1.26. The first-order valence-electron chi connectivity index (χ1n) is 7.95. The number of pyridine rings is 1. The van der Waals surface area contributed by atoms with Crippen LogP contribution in [0.2, 0.25) is 0 Å². The molecule has 25 heavy (non-hydrogen) atoms. The maximum Gasteiger partial charge on any atom is 0.236 e. The Bertz CT molecular complexity index is 849. The van der Waals surface area contributed by atoms with Crippen LogP contribution in [0, 0.1) is 6.92 Å². The van der Waals surface area contributed by atoms with Crippen molar-refractivity contribution in [2.24, 2.45) is 0 Å². The molecular weight excluding hydrogens is 404 g/mol. The molecule has 2 heterocycles. The Morgan fingerprint density at radius 3 is 2.68 bits per heavy atom. The second-order valence-corrected chi connectivity index (χ2v) is 8.69. The fourth-order valence-electron chi connectivity index (χ4n) is 2.56. The summed E-state index contributed by atoms with van der Waals surface area (Å²) in [4.78, 5) is 4.16. The standard InChI is InChI=1S/C18H19BrN2O3S/c1-14-2-4-15(5-3-14)9-11-25(22,23)21-10-8-17(13-21)24-18-7-6-16(19)12-20-18/h2-7,9,11-12,17H,8,10,13H2,1H3/b11-9+. The van der Waals surface area contributed by atoms with Crippen LogP contribution in [0.15, 0.2) is 52.5 Å². The molecule has 0 N–H and O–H groups in total. The molecule has 1 fully saturated rings. The summed E-state index contributed by atoms with van der Waals surface area (Å²) in [5.74, 6) is 0.502. The van der Waals surface area contributed by atoms with Crippen LogP contribution in [-0.2, 0) is 10.0 Å². The van der Waals surface area contributed by atoms with E-state index in [4.69, 9.17) is 4.74 Å². The van der Waals surface area contributed by atoms with Gasteiger partial charge in [-0.1, -0.05) is 29.8 Å². The molecule has 0 amide bonds. The number of sulfonamides is 1. The Kier molecular flexibility index (Phi) is 5.56. The summed E-state index contributed by atoms with van der Waals surface area (Å²) in [6.07, 6.45) is 3.74. The molecule has 1 atom stereocenters. The number of benzene rings is 1. The highest BCUT2D eigenvalue weighted by Gasteiger charge is 2.31. The molecule has 1 aromatic carbocycles. The summed E-state index contributed by atoms with van der Waals surface area (Å²) in [5.41, 5.74) is 2.00. The number of ether oxygens (including phenoxy) is 1. The second-order valence-electron chi connectivity index (χ2n) is 5.96. The Balaban J connectivity index is 1.61. The molecule has 1 saturated heterocycles. The number of aromatic nitrogens is 1. The lowest BCUT2D eigenvalue weighted by Gasteiger charge is -2.15. The Labute approximate surface area is 156 Å². The summed E-state index contributed by atoms with van der Waals surface area (Å²) in [6, 6.07) is 11.3. The Hall–Kier alpha value is -1.70. The number of rotatable bonds is 5. The minimum absolute atomic E-state index is 0.184. The third-order valence-corrected chi connectivity index (χ3v) is 5.97. The minimum Gasteiger partial charge on any atom is -0.473 e. The van der Waals surface area contributed by atoms with Gasteiger partial charge in [0.25, 0.3) is 0 Å². The largest absolute Gasteiger partial charge is 0.473 e. The first-order valence-corrected chi connectivity index (χ1v) is 10.3. The van der Waals surface area contributed by atoms with Crippen molar-refractivity contribution in [1.82, 2.24) is 9.29 Å². The lowest BCUT2D eigenvalue weighted by Crippen LogP contribution is -2.29. The van der Waals surface area contributed by atoms with Crippen LogP contribution in [0.1, 0.15) is 17.5 Å². The fraction of sp³-hybridized carbons (Fsp3) is 0.278. The first-order chi connectivity index (χ1) is 11.9. The van der Waals surface area contributed by atoms with E-state index in [0.29, 0.717) is 25.4 Å². The average molecular weight is 423 g/mol. The van der Waals surface area contributed by atoms with E-state index in [-0.39, 0.29) is 6.10 Å². The van der Waals surface area contributed by atoms with Crippen molar-refractivity contribution in [2.75, 3.05) is 13.1 Å². The maximum absolute atomic E-state index is 12.5. The van der Waals surface area contributed by atoms with Crippen LogP contribution in [0.3, 0.4) is 0 Å². The van der Waals surface area contributed by atoms with Gasteiger partial charge >= 0.3 is 0 Å². The average Bonchev–Trinajstić information content (AvgIpc) is 3.06. The van der Waals surface area contributed by atoms with Gasteiger partial charge in [0.15, 0.2) is 0 Å². The smallest absolute Gasteiger partial charge is 0.236 e. The molecule has 132 valence electrons. The highest BCUT2D eigenvalue weighted by Crippen LogP contribution is 2.21. The third-order valence-electron chi connectivity index (χ3n) is 3.97. The van der Waals surface area contributed by atoms with E-state index in [1.807, 2.05) is 37.3 Å². The van der Waals surface area contributed by atoms with Crippen LogP contribution in [-0.4, -0.2) is 36.9 Å². The molecular formula is C18H19BrN2O3S. The van der Waals surface area contributed by atoms with Crippen molar-refractivity contribution in [2.45, 2.75) is 19.4 Å². The molecule has 3 rings (SSSR count). The van der Waals surface area contributed by atoms with Gasteiger partial charge in [-0.25, -0.2) is 13.4 Å². The van der Waals surface area contributed by atoms with Crippen LogP contribution in [0.5, 0.6) is 5.88 Å². The van der Waals surface area contributed by atoms with Gasteiger partial charge in [0.2, 0.25) is 15.9 Å². The summed E-state index contributed by atoms with van der Waals surface area (Å²) in [6.45, 7) is 2.77. The molecule has 1 aromatic heterocycles. The van der Waals surface area contributed by atoms with Crippen LogP contribution < -0.4 is 4.74 Å². The predicted molar refractivity (Wildman–Crippen MR) is 102 cm³/mol. The van der Waals surface area contributed by atoms with Crippen molar-refractivity contribution < 1.29 is 13.2 Å². The van der Waals surface area contributed by atoms with Crippen molar-refractivity contribution in [3.05, 3.63) is 63.6 Å². The molecule has 0 bridgehead atoms. The molecule has 1 aliphatic rings. The molecule has 5 nitrogen and oxygen atoms in total. The molecule has 0 saturated carbocycles. The van der Waals surface area contributed by atoms with Gasteiger partial charge in [-0.05, 0) is 47.0 Å². The molecule has 1 unspecified atom stereocenters. The number of halogens is 1. The van der Waals surface area contributed by atoms with Crippen molar-refractivity contribution in [3.8, 4) is 5.88 Å². The van der Waals surface area contributed by atoms with E-state index in [9.17, 15) is 8.42 Å². The number of aryl methyl sites for hydroxylation is 1. The highest BCUT2D eigenvalue weighted by atomic mass is 79.9. The van der Waals surface area contributed by atoms with Gasteiger partial charge < -0.3 is 4.74 Å². The SMILES string of the molecule is Cc1ccc(/C=C/S(=O)(=O)N2CCC(Oc3ccc(Br)cn3)C2)cc1. The van der Waals surface area contributed by atoms with Gasteiger partial charge in [0, 0.05) is 28.7 Å². The summed E-state index contributed by atoms with van der Waals surface area (Å²) < 4.78 is 33.0. The lowest BCUT2D eigenvalue weighted by molar-refractivity contribution is 0.207. The molecule has 2 aromatic rings. The maximum atomic E-state index is 12.5. The van der Waals surface area contributed by atoms with E-state index >= 15 is 0 Å². The zero-order valence-corrected chi connectivity index (χ0v) is 16.2. The van der Waals surface area contributed by atoms with Crippen molar-refractivity contribution in [1.29, 1.82) is 0 Å². The zero-order valence-electron chi connectivity index (χ0n) is 13.8. The first kappa shape index (κ1) is 18.1. The molecule has 1 aliphatic heterocycles. The number of hydrogen-bond donors (Lipinski definition) is 0. The quantitative estimate of drug-likeness (QED) is 0.738. The summed E-state index contributed by atoms with van der Waals surface area (Å²) >= 11 is 3.32. The predicted octanol–water partition coefficient (Wildman–Crippen LogP) is 3.61. The van der Waals surface area contributed by atoms with Gasteiger partial charge in [-0.15, -0.1) is 0 Å². The monoisotopic (exact) mass is 422 g/mol. The van der Waals surface area contributed by atoms with Crippen molar-refractivity contribution in [3.63, 3.8) is 0 Å². The van der Waals surface area contributed by atoms with Crippen LogP contribution >= 0.6 is 15.9 Å². The van der Waals surface area contributed by atoms with Gasteiger partial charge in [0.05, 0.1) is 6.54 Å². The van der Waals surface area contributed by atoms with E-state index < -0.39 is 10.0 Å². The van der Waals surface area contributed by atoms with Crippen molar-refractivity contribution >= 4 is 32.0 Å². The molecule has 0 aliphatic carbocycles. The summed E-state index contributed by atoms with van der Waals surface area (Å²) in [7, 11) is -3.46. The molecule has 0 radical (unpaired) electrons. The Morgan fingerprint density at radius 2 is 2.00 bits per heavy atom. The van der Waals surface area contributed by atoms with Gasteiger partial charge in [-0.2, -0.15) is 4.31 Å². The third kappa shape index (κ3) is 4.90. The van der Waals surface area contributed by atoms with E-state index in [1.165, 1.54) is 9.71 Å². The number of hydrogen-bond acceptors (Lipinski definition) is 4. The lowest BCUT2D eigenvalue weighted by atomic mass is 10.2. The Morgan fingerprint density at radius 1 is 1.24 bits per heavy atom. The topological polar surface area (TPSA) is 59.5 Å². The van der Waals surface area contributed by atoms with Crippen LogP contribution in [0.25, 0.3) is 6.08 Å². The van der Waals surface area contributed by atoms with E-state index in [0.717, 1.165) is 15.6 Å². The van der Waals surface area contributed by atoms with E-state index in [2.05, 4.69) is 20.9 Å². The normalized spacial score (nSPS) is 18.7. The van der Waals surface area contributed by atoms with Gasteiger partial charge in [-0.3, -0.25) is 0 Å². The highest BCUT2D eigenvalue weighted by molar-refractivity contribution is 9.10. The molecule has 7 heteroatoms. The second kappa shape index (κ2) is 7.68. The number of nitrogens with zero attached hydrogens (tertiary/aromatic N) is 2. The van der Waals surface area contributed by atoms with E-state index in [1.54, 1.807) is 18.3 Å². The van der Waals surface area contributed by atoms with Crippen LogP contribution in [0.4, 0.5) is 0 Å². The van der Waals surface area contributed by atoms with Gasteiger partial charge in [0.1, 0.15) is 6.10 Å². The minimum atomic E-state index is -3.46. The zero-order chi connectivity index (χ0) is 17.9. The fourth-order valence-corrected chi connectivity index (χ4v) is 4.03.